The summed E-state index contributed by atoms with van der Waals surface area (Å²) in [6, 6.07) is 3.96. The van der Waals surface area contributed by atoms with E-state index in [0.717, 1.165) is 25.4 Å². The van der Waals surface area contributed by atoms with E-state index in [1.54, 1.807) is 18.4 Å². The van der Waals surface area contributed by atoms with Crippen molar-refractivity contribution >= 4 is 37.5 Å². The van der Waals surface area contributed by atoms with Gasteiger partial charge in [-0.1, -0.05) is 0 Å². The molecule has 0 aliphatic carbocycles. The van der Waals surface area contributed by atoms with Crippen molar-refractivity contribution in [1.29, 1.82) is 0 Å². The van der Waals surface area contributed by atoms with E-state index in [4.69, 9.17) is 4.74 Å². The Bertz CT molecular complexity index is 551. The second-order valence-electron chi connectivity index (χ2n) is 4.35. The van der Waals surface area contributed by atoms with Gasteiger partial charge in [0.2, 0.25) is 0 Å². The second-order valence-corrected chi connectivity index (χ2v) is 6.23. The van der Waals surface area contributed by atoms with Gasteiger partial charge in [0, 0.05) is 4.47 Å². The number of fused-ring (bicyclic) bond motifs is 1. The van der Waals surface area contributed by atoms with Gasteiger partial charge in [-0.05, 0) is 49.0 Å². The van der Waals surface area contributed by atoms with Crippen LogP contribution in [0, 0.1) is 0 Å². The lowest BCUT2D eigenvalue weighted by Crippen LogP contribution is -2.32. The lowest BCUT2D eigenvalue weighted by molar-refractivity contribution is 0.415. The number of halogens is 1. The Labute approximate surface area is 113 Å². The van der Waals surface area contributed by atoms with Crippen molar-refractivity contribution in [1.82, 2.24) is 10.3 Å². The smallest absolute Gasteiger partial charge is 0.121 e. The van der Waals surface area contributed by atoms with Crippen LogP contribution in [-0.4, -0.2) is 19.1 Å². The van der Waals surface area contributed by atoms with Crippen LogP contribution in [0.15, 0.2) is 16.6 Å². The summed E-state index contributed by atoms with van der Waals surface area (Å²) in [5, 5.41) is 4.34. The fourth-order valence-corrected chi connectivity index (χ4v) is 3.25. The number of benzene rings is 1. The Balaban J connectivity index is 2.61. The Morgan fingerprint density at radius 3 is 2.71 bits per heavy atom. The summed E-state index contributed by atoms with van der Waals surface area (Å²) >= 11 is 5.22. The number of hydrogen-bond acceptors (Lipinski definition) is 4. The number of nitrogens with zero attached hydrogens (tertiary/aromatic N) is 1. The van der Waals surface area contributed by atoms with Crippen LogP contribution in [0.25, 0.3) is 10.2 Å². The highest BCUT2D eigenvalue weighted by atomic mass is 79.9. The summed E-state index contributed by atoms with van der Waals surface area (Å²) in [6.45, 7) is 4.24. The van der Waals surface area contributed by atoms with Crippen LogP contribution in [0.5, 0.6) is 5.75 Å². The number of nitrogens with one attached hydrogen (secondary N) is 1. The fourth-order valence-electron chi connectivity index (χ4n) is 1.46. The summed E-state index contributed by atoms with van der Waals surface area (Å²) in [5.74, 6) is 0.849. The van der Waals surface area contributed by atoms with Gasteiger partial charge >= 0.3 is 0 Å². The summed E-state index contributed by atoms with van der Waals surface area (Å²) in [5.41, 5.74) is 0.880. The number of aromatic nitrogens is 1. The van der Waals surface area contributed by atoms with E-state index < -0.39 is 0 Å². The second kappa shape index (κ2) is 4.55. The van der Waals surface area contributed by atoms with Gasteiger partial charge in [0.1, 0.15) is 10.8 Å². The zero-order valence-corrected chi connectivity index (χ0v) is 12.7. The van der Waals surface area contributed by atoms with Crippen LogP contribution >= 0.6 is 27.3 Å². The Morgan fingerprint density at radius 1 is 1.41 bits per heavy atom. The molecule has 0 bridgehead atoms. The topological polar surface area (TPSA) is 34.2 Å². The number of thiazole rings is 1. The predicted octanol–water partition coefficient (Wildman–Crippen LogP) is 3.52. The molecule has 92 valence electrons. The van der Waals surface area contributed by atoms with Crippen LogP contribution in [-0.2, 0) is 5.54 Å². The van der Waals surface area contributed by atoms with Crippen molar-refractivity contribution in [3.05, 3.63) is 21.6 Å². The average molecular weight is 315 g/mol. The van der Waals surface area contributed by atoms with E-state index in [0.29, 0.717) is 0 Å². The molecule has 1 heterocycles. The molecule has 17 heavy (non-hydrogen) atoms. The highest BCUT2D eigenvalue weighted by Gasteiger charge is 2.23. The molecule has 2 rings (SSSR count). The first kappa shape index (κ1) is 12.8. The third kappa shape index (κ3) is 2.32. The van der Waals surface area contributed by atoms with Gasteiger partial charge in [0.15, 0.2) is 0 Å². The van der Waals surface area contributed by atoms with Crippen LogP contribution in [0.3, 0.4) is 0 Å². The highest BCUT2D eigenvalue weighted by Crippen LogP contribution is 2.36. The minimum Gasteiger partial charge on any atom is -0.497 e. The monoisotopic (exact) mass is 314 g/mol. The van der Waals surface area contributed by atoms with Crippen molar-refractivity contribution < 1.29 is 4.74 Å². The maximum absolute atomic E-state index is 5.26. The zero-order valence-electron chi connectivity index (χ0n) is 10.3. The number of hydrogen-bond donors (Lipinski definition) is 1. The molecule has 0 saturated carbocycles. The van der Waals surface area contributed by atoms with E-state index in [1.165, 1.54) is 0 Å². The quantitative estimate of drug-likeness (QED) is 0.941. The van der Waals surface area contributed by atoms with Gasteiger partial charge in [0.25, 0.3) is 0 Å². The number of methoxy groups -OCH3 is 1. The third-order valence-electron chi connectivity index (χ3n) is 2.82. The maximum atomic E-state index is 5.26. The van der Waals surface area contributed by atoms with Crippen molar-refractivity contribution in [2.45, 2.75) is 19.4 Å². The molecular formula is C12H15BrN2OS. The Kier molecular flexibility index (Phi) is 3.43. The molecule has 0 radical (unpaired) electrons. The fraction of sp³-hybridized carbons (Fsp3) is 0.417. The van der Waals surface area contributed by atoms with Crippen molar-refractivity contribution in [2.24, 2.45) is 0 Å². The molecule has 0 atom stereocenters. The molecule has 0 spiro atoms. The summed E-state index contributed by atoms with van der Waals surface area (Å²) < 4.78 is 7.36. The molecule has 2 aromatic rings. The third-order valence-corrected chi connectivity index (χ3v) is 4.75. The van der Waals surface area contributed by atoms with Crippen molar-refractivity contribution in [3.8, 4) is 5.75 Å². The number of ether oxygens (including phenoxy) is 1. The van der Waals surface area contributed by atoms with Gasteiger partial charge in [-0.2, -0.15) is 0 Å². The molecule has 1 N–H and O–H groups in total. The first-order chi connectivity index (χ1) is 7.97. The summed E-state index contributed by atoms with van der Waals surface area (Å²) in [6.07, 6.45) is 0. The van der Waals surface area contributed by atoms with E-state index in [1.807, 2.05) is 19.2 Å². The largest absolute Gasteiger partial charge is 0.497 e. The summed E-state index contributed by atoms with van der Waals surface area (Å²) in [4.78, 5) is 4.68. The first-order valence-electron chi connectivity index (χ1n) is 5.31. The van der Waals surface area contributed by atoms with Gasteiger partial charge in [0.05, 0.1) is 22.9 Å². The molecule has 1 aromatic heterocycles. The molecule has 0 fully saturated rings. The minimum atomic E-state index is -0.115. The molecule has 1 aromatic carbocycles. The van der Waals surface area contributed by atoms with Crippen molar-refractivity contribution in [3.63, 3.8) is 0 Å². The molecular weight excluding hydrogens is 300 g/mol. The van der Waals surface area contributed by atoms with Gasteiger partial charge in [-0.15, -0.1) is 11.3 Å². The maximum Gasteiger partial charge on any atom is 0.121 e. The normalized spacial score (nSPS) is 12.1. The van der Waals surface area contributed by atoms with E-state index in [-0.39, 0.29) is 5.54 Å². The van der Waals surface area contributed by atoms with E-state index in [2.05, 4.69) is 40.1 Å². The van der Waals surface area contributed by atoms with Crippen LogP contribution in [0.2, 0.25) is 0 Å². The number of rotatable bonds is 3. The average Bonchev–Trinajstić information content (AvgIpc) is 2.74. The van der Waals surface area contributed by atoms with Crippen molar-refractivity contribution in [2.75, 3.05) is 14.2 Å². The molecule has 0 aliphatic rings. The molecule has 0 saturated heterocycles. The van der Waals surface area contributed by atoms with Gasteiger partial charge < -0.3 is 10.1 Å². The van der Waals surface area contributed by atoms with Gasteiger partial charge in [-0.3, -0.25) is 0 Å². The van der Waals surface area contributed by atoms with Crippen LogP contribution in [0.4, 0.5) is 0 Å². The standard InChI is InChI=1S/C12H15BrN2OS/c1-12(2,14-3)11-15-10-8(13)5-7(16-4)6-9(10)17-11/h5-6,14H,1-4H3. The highest BCUT2D eigenvalue weighted by molar-refractivity contribution is 9.10. The van der Waals surface area contributed by atoms with E-state index >= 15 is 0 Å². The molecule has 0 unspecified atom stereocenters. The molecule has 5 heteroatoms. The summed E-state index contributed by atoms with van der Waals surface area (Å²) in [7, 11) is 3.62. The minimum absolute atomic E-state index is 0.115. The lowest BCUT2D eigenvalue weighted by atomic mass is 10.1. The predicted molar refractivity (Wildman–Crippen MR) is 76.0 cm³/mol. The first-order valence-corrected chi connectivity index (χ1v) is 6.92. The molecule has 0 aliphatic heterocycles. The zero-order chi connectivity index (χ0) is 12.6. The lowest BCUT2D eigenvalue weighted by Gasteiger charge is -2.20. The van der Waals surface area contributed by atoms with Crippen LogP contribution in [0.1, 0.15) is 18.9 Å². The van der Waals surface area contributed by atoms with Crippen LogP contribution < -0.4 is 10.1 Å². The molecule has 3 nitrogen and oxygen atoms in total. The Hall–Kier alpha value is -0.650. The SMILES string of the molecule is CNC(C)(C)c1nc2c(Br)cc(OC)cc2s1. The van der Waals surface area contributed by atoms with E-state index in [9.17, 15) is 0 Å². The van der Waals surface area contributed by atoms with Gasteiger partial charge in [-0.25, -0.2) is 4.98 Å². The Morgan fingerprint density at radius 2 is 2.12 bits per heavy atom. The molecule has 0 amide bonds.